The van der Waals surface area contributed by atoms with Gasteiger partial charge in [-0.1, -0.05) is 0 Å². The Morgan fingerprint density at radius 3 is 2.47 bits per heavy atom. The van der Waals surface area contributed by atoms with Crippen molar-refractivity contribution in [1.82, 2.24) is 4.72 Å². The second-order valence-electron chi connectivity index (χ2n) is 7.55. The topological polar surface area (TPSA) is 114 Å². The first-order valence-corrected chi connectivity index (χ1v) is 12.0. The van der Waals surface area contributed by atoms with Gasteiger partial charge in [0.2, 0.25) is 21.8 Å². The van der Waals surface area contributed by atoms with E-state index in [1.54, 1.807) is 35.2 Å². The molecule has 4 rings (SSSR count). The highest BCUT2D eigenvalue weighted by atomic mass is 32.2. The zero-order valence-corrected chi connectivity index (χ0v) is 18.3. The van der Waals surface area contributed by atoms with Crippen LogP contribution in [0.3, 0.4) is 0 Å². The van der Waals surface area contributed by atoms with Crippen molar-refractivity contribution in [1.29, 1.82) is 0 Å². The van der Waals surface area contributed by atoms with Gasteiger partial charge in [-0.25, -0.2) is 13.1 Å². The quantitative estimate of drug-likeness (QED) is 0.657. The Labute approximate surface area is 186 Å². The van der Waals surface area contributed by atoms with Crippen molar-refractivity contribution in [3.63, 3.8) is 0 Å². The van der Waals surface area contributed by atoms with Crippen LogP contribution in [0.1, 0.15) is 25.7 Å². The molecule has 2 N–H and O–H groups in total. The zero-order chi connectivity index (χ0) is 22.6. The molecule has 1 fully saturated rings. The minimum Gasteiger partial charge on any atom is -0.490 e. The van der Waals surface area contributed by atoms with E-state index in [0.717, 1.165) is 18.5 Å². The third-order valence-electron chi connectivity index (χ3n) is 5.21. The van der Waals surface area contributed by atoms with Gasteiger partial charge >= 0.3 is 0 Å². The van der Waals surface area contributed by atoms with Gasteiger partial charge in [0.25, 0.3) is 0 Å². The number of sulfonamides is 1. The molecule has 2 aliphatic heterocycles. The lowest BCUT2D eigenvalue weighted by atomic mass is 10.2. The van der Waals surface area contributed by atoms with E-state index in [4.69, 9.17) is 9.47 Å². The highest BCUT2D eigenvalue weighted by Crippen LogP contribution is 2.31. The lowest BCUT2D eigenvalue weighted by Crippen LogP contribution is -2.28. The third kappa shape index (κ3) is 5.20. The van der Waals surface area contributed by atoms with Crippen molar-refractivity contribution in [2.45, 2.75) is 30.6 Å². The molecule has 0 aromatic heterocycles. The number of benzene rings is 2. The standard InChI is InChI=1S/C22H25N3O6S/c26-21(24-16-4-6-17(7-5-16)25-12-1-3-22(25)27)10-11-23-32(28,29)18-8-9-19-20(15-18)31-14-2-13-30-19/h4-9,15,23H,1-3,10-14H2,(H,24,26). The van der Waals surface area contributed by atoms with Crippen molar-refractivity contribution in [3.8, 4) is 11.5 Å². The summed E-state index contributed by atoms with van der Waals surface area (Å²) in [5.74, 6) is 0.683. The predicted molar refractivity (Wildman–Crippen MR) is 119 cm³/mol. The number of hydrogen-bond donors (Lipinski definition) is 2. The molecule has 0 bridgehead atoms. The van der Waals surface area contributed by atoms with Gasteiger partial charge in [-0.2, -0.15) is 0 Å². The van der Waals surface area contributed by atoms with E-state index >= 15 is 0 Å². The average Bonchev–Trinajstić information content (AvgIpc) is 3.06. The van der Waals surface area contributed by atoms with Crippen LogP contribution in [-0.2, 0) is 19.6 Å². The number of hydrogen-bond acceptors (Lipinski definition) is 6. The maximum absolute atomic E-state index is 12.6. The summed E-state index contributed by atoms with van der Waals surface area (Å²) in [5, 5.41) is 2.73. The van der Waals surface area contributed by atoms with Gasteiger partial charge in [0.15, 0.2) is 11.5 Å². The molecule has 2 aromatic rings. The molecule has 2 heterocycles. The van der Waals surface area contributed by atoms with Gasteiger partial charge < -0.3 is 19.7 Å². The average molecular weight is 460 g/mol. The highest BCUT2D eigenvalue weighted by Gasteiger charge is 2.22. The number of carbonyl (C=O) groups is 2. The van der Waals surface area contributed by atoms with Gasteiger partial charge in [0.05, 0.1) is 18.1 Å². The van der Waals surface area contributed by atoms with Crippen molar-refractivity contribution < 1.29 is 27.5 Å². The predicted octanol–water partition coefficient (Wildman–Crippen LogP) is 2.28. The van der Waals surface area contributed by atoms with Crippen LogP contribution in [0.15, 0.2) is 47.4 Å². The van der Waals surface area contributed by atoms with Crippen molar-refractivity contribution in [2.75, 3.05) is 36.5 Å². The summed E-state index contributed by atoms with van der Waals surface area (Å²) in [4.78, 5) is 25.8. The van der Waals surface area contributed by atoms with Crippen molar-refractivity contribution in [2.24, 2.45) is 0 Å². The lowest BCUT2D eigenvalue weighted by Gasteiger charge is -2.16. The van der Waals surface area contributed by atoms with E-state index in [9.17, 15) is 18.0 Å². The summed E-state index contributed by atoms with van der Waals surface area (Å²) in [6.45, 7) is 1.63. The van der Waals surface area contributed by atoms with Crippen molar-refractivity contribution in [3.05, 3.63) is 42.5 Å². The number of rotatable bonds is 7. The first kappa shape index (κ1) is 22.1. The summed E-state index contributed by atoms with van der Waals surface area (Å²) in [6.07, 6.45) is 2.10. The SMILES string of the molecule is O=C(CCNS(=O)(=O)c1ccc2c(c1)OCCCO2)Nc1ccc(N2CCCC2=O)cc1. The van der Waals surface area contributed by atoms with E-state index in [2.05, 4.69) is 10.0 Å². The molecule has 0 aliphatic carbocycles. The monoisotopic (exact) mass is 459 g/mol. The van der Waals surface area contributed by atoms with Gasteiger partial charge in [0, 0.05) is 49.8 Å². The Morgan fingerprint density at radius 2 is 1.75 bits per heavy atom. The van der Waals surface area contributed by atoms with Crippen LogP contribution in [0.25, 0.3) is 0 Å². The number of amides is 2. The Bertz CT molecular complexity index is 1100. The molecule has 0 spiro atoms. The summed E-state index contributed by atoms with van der Waals surface area (Å²) in [7, 11) is -3.80. The maximum atomic E-state index is 12.6. The summed E-state index contributed by atoms with van der Waals surface area (Å²) in [6, 6.07) is 11.5. The van der Waals surface area contributed by atoms with E-state index in [-0.39, 0.29) is 29.7 Å². The van der Waals surface area contributed by atoms with Crippen LogP contribution in [0.5, 0.6) is 11.5 Å². The number of nitrogens with zero attached hydrogens (tertiary/aromatic N) is 1. The number of fused-ring (bicyclic) bond motifs is 1. The molecule has 0 atom stereocenters. The molecule has 2 aliphatic rings. The molecule has 0 unspecified atom stereocenters. The zero-order valence-electron chi connectivity index (χ0n) is 17.5. The molecular formula is C22H25N3O6S. The Balaban J connectivity index is 1.29. The first-order valence-electron chi connectivity index (χ1n) is 10.5. The minimum absolute atomic E-state index is 0.0316. The normalized spacial score (nSPS) is 16.0. The fourth-order valence-corrected chi connectivity index (χ4v) is 4.61. The molecule has 0 radical (unpaired) electrons. The van der Waals surface area contributed by atoms with E-state index < -0.39 is 10.0 Å². The van der Waals surface area contributed by atoms with E-state index in [0.29, 0.717) is 43.4 Å². The molecule has 0 saturated carbocycles. The number of ether oxygens (including phenoxy) is 2. The minimum atomic E-state index is -3.80. The molecule has 2 amide bonds. The second-order valence-corrected chi connectivity index (χ2v) is 9.32. The van der Waals surface area contributed by atoms with Gasteiger partial charge in [-0.15, -0.1) is 0 Å². The number of nitrogens with one attached hydrogen (secondary N) is 2. The molecular weight excluding hydrogens is 434 g/mol. The third-order valence-corrected chi connectivity index (χ3v) is 6.67. The summed E-state index contributed by atoms with van der Waals surface area (Å²) in [5.41, 5.74) is 1.38. The van der Waals surface area contributed by atoms with E-state index in [1.165, 1.54) is 12.1 Å². The highest BCUT2D eigenvalue weighted by molar-refractivity contribution is 7.89. The van der Waals surface area contributed by atoms with E-state index in [1.807, 2.05) is 0 Å². The fourth-order valence-electron chi connectivity index (χ4n) is 3.56. The fraction of sp³-hybridized carbons (Fsp3) is 0.364. The Morgan fingerprint density at radius 1 is 1.00 bits per heavy atom. The molecule has 32 heavy (non-hydrogen) atoms. The van der Waals surface area contributed by atoms with Crippen molar-refractivity contribution >= 4 is 33.2 Å². The Hall–Kier alpha value is -3.11. The second kappa shape index (κ2) is 9.58. The molecule has 2 aromatic carbocycles. The largest absolute Gasteiger partial charge is 0.490 e. The van der Waals surface area contributed by atoms with Crippen LogP contribution < -0.4 is 24.4 Å². The van der Waals surface area contributed by atoms with Crippen LogP contribution in [0, 0.1) is 0 Å². The van der Waals surface area contributed by atoms with Gasteiger partial charge in [-0.05, 0) is 42.8 Å². The lowest BCUT2D eigenvalue weighted by molar-refractivity contribution is -0.117. The van der Waals surface area contributed by atoms with Gasteiger partial charge in [0.1, 0.15) is 0 Å². The molecule has 170 valence electrons. The van der Waals surface area contributed by atoms with Crippen LogP contribution >= 0.6 is 0 Å². The summed E-state index contributed by atoms with van der Waals surface area (Å²) >= 11 is 0. The first-order chi connectivity index (χ1) is 15.4. The van der Waals surface area contributed by atoms with Crippen LogP contribution in [-0.4, -0.2) is 46.5 Å². The summed E-state index contributed by atoms with van der Waals surface area (Å²) < 4.78 is 38.6. The smallest absolute Gasteiger partial charge is 0.240 e. The van der Waals surface area contributed by atoms with Gasteiger partial charge in [-0.3, -0.25) is 9.59 Å². The molecule has 10 heteroatoms. The molecule has 9 nitrogen and oxygen atoms in total. The van der Waals surface area contributed by atoms with Crippen LogP contribution in [0.4, 0.5) is 11.4 Å². The number of anilines is 2. The Kier molecular flexibility index (Phi) is 6.61. The maximum Gasteiger partial charge on any atom is 0.240 e. The molecule has 1 saturated heterocycles. The van der Waals surface area contributed by atoms with Crippen LogP contribution in [0.2, 0.25) is 0 Å². The number of carbonyl (C=O) groups excluding carboxylic acids is 2.